The molecule has 15 heavy (non-hydrogen) atoms. The Morgan fingerprint density at radius 3 is 2.13 bits per heavy atom. The van der Waals surface area contributed by atoms with Crippen LogP contribution in [0.1, 0.15) is 33.6 Å². The van der Waals surface area contributed by atoms with Gasteiger partial charge in [-0.05, 0) is 33.6 Å². The number of hydrogen-bond donors (Lipinski definition) is 3. The molecule has 3 atom stereocenters. The Labute approximate surface area is 89.4 Å². The molecule has 0 unspecified atom stereocenters. The molecule has 0 heterocycles. The molecule has 5 heteroatoms. The largest absolute Gasteiger partial charge is 0.444 e. The summed E-state index contributed by atoms with van der Waals surface area (Å²) >= 11 is 0. The van der Waals surface area contributed by atoms with Crippen LogP contribution in [0.4, 0.5) is 4.79 Å². The maximum Gasteiger partial charge on any atom is 0.407 e. The molecule has 0 aliphatic heterocycles. The zero-order valence-electron chi connectivity index (χ0n) is 9.36. The first-order chi connectivity index (χ1) is 6.78. The fourth-order valence-electron chi connectivity index (χ4n) is 1.59. The lowest BCUT2D eigenvalue weighted by molar-refractivity contribution is 0.0438. The van der Waals surface area contributed by atoms with E-state index in [1.54, 1.807) is 20.8 Å². The summed E-state index contributed by atoms with van der Waals surface area (Å²) in [6, 6.07) is -0.204. The highest BCUT2D eigenvalue weighted by Gasteiger charge is 2.33. The molecule has 1 aliphatic carbocycles. The van der Waals surface area contributed by atoms with Crippen molar-refractivity contribution in [3.63, 3.8) is 0 Å². The van der Waals surface area contributed by atoms with Gasteiger partial charge in [0.05, 0.1) is 12.2 Å². The summed E-state index contributed by atoms with van der Waals surface area (Å²) in [5.74, 6) is 0. The van der Waals surface area contributed by atoms with E-state index in [2.05, 4.69) is 5.32 Å². The Morgan fingerprint density at radius 1 is 1.27 bits per heavy atom. The van der Waals surface area contributed by atoms with E-state index in [0.29, 0.717) is 12.8 Å². The number of aliphatic hydroxyl groups is 2. The summed E-state index contributed by atoms with van der Waals surface area (Å²) in [5, 5.41) is 21.2. The number of hydrogen-bond acceptors (Lipinski definition) is 4. The van der Waals surface area contributed by atoms with Crippen molar-refractivity contribution in [3.8, 4) is 0 Å². The molecule has 1 fully saturated rings. The minimum absolute atomic E-state index is 0.204. The van der Waals surface area contributed by atoms with Gasteiger partial charge in [-0.25, -0.2) is 4.79 Å². The first-order valence-electron chi connectivity index (χ1n) is 5.13. The number of alkyl carbamates (subject to hydrolysis) is 1. The van der Waals surface area contributed by atoms with Crippen molar-refractivity contribution in [2.45, 2.75) is 57.5 Å². The minimum atomic E-state index is -0.745. The molecule has 1 rings (SSSR count). The van der Waals surface area contributed by atoms with Crippen molar-refractivity contribution in [1.82, 2.24) is 5.32 Å². The number of carbonyl (C=O) groups excluding carboxylic acids is 1. The highest BCUT2D eigenvalue weighted by molar-refractivity contribution is 5.68. The molecule has 88 valence electrons. The van der Waals surface area contributed by atoms with Crippen LogP contribution in [0.3, 0.4) is 0 Å². The molecule has 0 spiro atoms. The number of aliphatic hydroxyl groups excluding tert-OH is 2. The molecule has 5 nitrogen and oxygen atoms in total. The molecule has 3 N–H and O–H groups in total. The van der Waals surface area contributed by atoms with E-state index >= 15 is 0 Å². The van der Waals surface area contributed by atoms with Crippen LogP contribution in [-0.2, 0) is 4.74 Å². The average molecular weight is 217 g/mol. The Morgan fingerprint density at radius 2 is 1.73 bits per heavy atom. The lowest BCUT2D eigenvalue weighted by Gasteiger charge is -2.21. The van der Waals surface area contributed by atoms with Gasteiger partial charge in [0.1, 0.15) is 5.60 Å². The Hall–Kier alpha value is -0.810. The first kappa shape index (κ1) is 12.3. The summed E-state index contributed by atoms with van der Waals surface area (Å²) in [6.45, 7) is 5.35. The van der Waals surface area contributed by atoms with Crippen LogP contribution in [0.15, 0.2) is 0 Å². The van der Waals surface area contributed by atoms with E-state index in [-0.39, 0.29) is 6.04 Å². The van der Waals surface area contributed by atoms with Crippen LogP contribution in [0.25, 0.3) is 0 Å². The lowest BCUT2D eigenvalue weighted by atomic mass is 10.2. The molecule has 1 amide bonds. The van der Waals surface area contributed by atoms with Gasteiger partial charge in [0.15, 0.2) is 0 Å². The lowest BCUT2D eigenvalue weighted by Crippen LogP contribution is -2.38. The predicted molar refractivity (Wildman–Crippen MR) is 54.4 cm³/mol. The molecular weight excluding hydrogens is 198 g/mol. The van der Waals surface area contributed by atoms with Gasteiger partial charge in [-0.2, -0.15) is 0 Å². The zero-order valence-corrected chi connectivity index (χ0v) is 9.36. The second kappa shape index (κ2) is 4.37. The van der Waals surface area contributed by atoms with E-state index in [4.69, 9.17) is 4.74 Å². The molecule has 0 aromatic heterocycles. The van der Waals surface area contributed by atoms with E-state index in [1.807, 2.05) is 0 Å². The van der Waals surface area contributed by atoms with Crippen LogP contribution in [0.5, 0.6) is 0 Å². The topological polar surface area (TPSA) is 78.8 Å². The number of rotatable bonds is 1. The number of amides is 1. The summed E-state index contributed by atoms with van der Waals surface area (Å²) in [7, 11) is 0. The van der Waals surface area contributed by atoms with Gasteiger partial charge < -0.3 is 20.3 Å². The average Bonchev–Trinajstić information content (AvgIpc) is 2.26. The maximum atomic E-state index is 11.3. The fraction of sp³-hybridized carbons (Fsp3) is 0.900. The first-order valence-corrected chi connectivity index (χ1v) is 5.13. The quantitative estimate of drug-likeness (QED) is 0.594. The van der Waals surface area contributed by atoms with Gasteiger partial charge in [0.2, 0.25) is 0 Å². The van der Waals surface area contributed by atoms with Crippen LogP contribution < -0.4 is 5.32 Å². The smallest absolute Gasteiger partial charge is 0.407 e. The van der Waals surface area contributed by atoms with Crippen LogP contribution in [0, 0.1) is 0 Å². The van der Waals surface area contributed by atoms with E-state index < -0.39 is 23.9 Å². The third kappa shape index (κ3) is 4.05. The van der Waals surface area contributed by atoms with Crippen LogP contribution in [-0.4, -0.2) is 40.2 Å². The van der Waals surface area contributed by atoms with E-state index in [1.165, 1.54) is 0 Å². The molecule has 0 saturated heterocycles. The van der Waals surface area contributed by atoms with Crippen molar-refractivity contribution in [2.24, 2.45) is 0 Å². The molecule has 1 aliphatic rings. The Balaban J connectivity index is 2.34. The van der Waals surface area contributed by atoms with Crippen molar-refractivity contribution >= 4 is 6.09 Å². The van der Waals surface area contributed by atoms with Gasteiger partial charge >= 0.3 is 6.09 Å². The molecular formula is C10H19NO4. The third-order valence-electron chi connectivity index (χ3n) is 2.22. The van der Waals surface area contributed by atoms with Gasteiger partial charge in [0, 0.05) is 6.04 Å². The third-order valence-corrected chi connectivity index (χ3v) is 2.22. The highest BCUT2D eigenvalue weighted by atomic mass is 16.6. The standard InChI is InChI=1S/C10H19NO4/c1-10(2,3)15-9(14)11-6-4-7(12)8(13)5-6/h6-8,12-13H,4-5H2,1-3H3,(H,11,14)/t6-,7+,8-. The SMILES string of the molecule is CC(C)(C)OC(=O)N[C@H]1C[C@@H](O)[C@@H](O)C1. The van der Waals surface area contributed by atoms with Crippen molar-refractivity contribution in [3.05, 3.63) is 0 Å². The van der Waals surface area contributed by atoms with Crippen LogP contribution in [0.2, 0.25) is 0 Å². The number of nitrogens with one attached hydrogen (secondary N) is 1. The Kier molecular flexibility index (Phi) is 3.57. The zero-order chi connectivity index (χ0) is 11.6. The normalized spacial score (nSPS) is 31.4. The van der Waals surface area contributed by atoms with Gasteiger partial charge in [0.25, 0.3) is 0 Å². The minimum Gasteiger partial charge on any atom is -0.444 e. The summed E-state index contributed by atoms with van der Waals surface area (Å²) in [5.41, 5.74) is -0.528. The summed E-state index contributed by atoms with van der Waals surface area (Å²) in [6.07, 6.45) is -1.25. The molecule has 0 radical (unpaired) electrons. The Bertz CT molecular complexity index is 226. The van der Waals surface area contributed by atoms with Gasteiger partial charge in [-0.3, -0.25) is 0 Å². The fourth-order valence-corrected chi connectivity index (χ4v) is 1.59. The van der Waals surface area contributed by atoms with Gasteiger partial charge in [-0.1, -0.05) is 0 Å². The molecule has 0 bridgehead atoms. The van der Waals surface area contributed by atoms with Crippen molar-refractivity contribution in [1.29, 1.82) is 0 Å². The summed E-state index contributed by atoms with van der Waals surface area (Å²) < 4.78 is 5.06. The molecule has 0 aromatic rings. The molecule has 0 aromatic carbocycles. The number of ether oxygens (including phenoxy) is 1. The highest BCUT2D eigenvalue weighted by Crippen LogP contribution is 2.20. The summed E-state index contributed by atoms with van der Waals surface area (Å²) in [4.78, 5) is 11.3. The van der Waals surface area contributed by atoms with E-state index in [0.717, 1.165) is 0 Å². The van der Waals surface area contributed by atoms with Gasteiger partial charge in [-0.15, -0.1) is 0 Å². The molecule has 1 saturated carbocycles. The van der Waals surface area contributed by atoms with Crippen molar-refractivity contribution < 1.29 is 19.7 Å². The number of carbonyl (C=O) groups is 1. The second-order valence-corrected chi connectivity index (χ2v) is 4.95. The second-order valence-electron chi connectivity index (χ2n) is 4.95. The maximum absolute atomic E-state index is 11.3. The van der Waals surface area contributed by atoms with Crippen molar-refractivity contribution in [2.75, 3.05) is 0 Å². The van der Waals surface area contributed by atoms with Crippen LogP contribution >= 0.6 is 0 Å². The monoisotopic (exact) mass is 217 g/mol. The van der Waals surface area contributed by atoms with E-state index in [9.17, 15) is 15.0 Å². The predicted octanol–water partition coefficient (Wildman–Crippen LogP) is 0.395.